The van der Waals surface area contributed by atoms with Gasteiger partial charge in [-0.2, -0.15) is 0 Å². The lowest BCUT2D eigenvalue weighted by Gasteiger charge is -2.25. The van der Waals surface area contributed by atoms with Crippen LogP contribution in [0.2, 0.25) is 0 Å². The van der Waals surface area contributed by atoms with Crippen LogP contribution in [0.5, 0.6) is 0 Å². The van der Waals surface area contributed by atoms with Crippen LogP contribution in [0, 0.1) is 0 Å². The molecule has 0 aromatic carbocycles. The maximum Gasteiger partial charge on any atom is 0.109 e. The summed E-state index contributed by atoms with van der Waals surface area (Å²) in [5.74, 6) is 0. The fourth-order valence-electron chi connectivity index (χ4n) is 1.81. The van der Waals surface area contributed by atoms with E-state index in [1.54, 1.807) is 14.2 Å². The predicted molar refractivity (Wildman–Crippen MR) is 52.3 cm³/mol. The highest BCUT2D eigenvalue weighted by Gasteiger charge is 2.38. The van der Waals surface area contributed by atoms with Gasteiger partial charge in [0.15, 0.2) is 0 Å². The fraction of sp³-hybridized carbons (Fsp3) is 1.00. The van der Waals surface area contributed by atoms with Crippen molar-refractivity contribution >= 4 is 7.85 Å². The normalized spacial score (nSPS) is 34.6. The van der Waals surface area contributed by atoms with Crippen LogP contribution < -0.4 is 0 Å². The number of hydrogen-bond acceptors (Lipinski definition) is 4. The van der Waals surface area contributed by atoms with Crippen molar-refractivity contribution in [3.63, 3.8) is 0 Å². The average molecular weight is 200 g/mol. The van der Waals surface area contributed by atoms with E-state index in [1.165, 1.54) is 0 Å². The summed E-state index contributed by atoms with van der Waals surface area (Å²) >= 11 is 0. The van der Waals surface area contributed by atoms with Crippen molar-refractivity contribution in [1.29, 1.82) is 0 Å². The van der Waals surface area contributed by atoms with E-state index in [0.29, 0.717) is 12.8 Å². The number of aliphatic hydroxyl groups is 1. The van der Waals surface area contributed by atoms with Crippen LogP contribution in [0.3, 0.4) is 0 Å². The molecule has 5 heteroatoms. The predicted octanol–water partition coefficient (Wildman–Crippen LogP) is -0.318. The van der Waals surface area contributed by atoms with Gasteiger partial charge in [-0.05, 0) is 12.8 Å². The van der Waals surface area contributed by atoms with Crippen molar-refractivity contribution in [2.75, 3.05) is 20.8 Å². The number of hydrogen-bond donors (Lipinski definition) is 1. The molecule has 14 heavy (non-hydrogen) atoms. The molecule has 4 atom stereocenters. The first-order valence-corrected chi connectivity index (χ1v) is 4.80. The monoisotopic (exact) mass is 200 g/mol. The summed E-state index contributed by atoms with van der Waals surface area (Å²) in [6, 6.07) is -0.290. The molecule has 1 heterocycles. The van der Waals surface area contributed by atoms with Crippen LogP contribution in [-0.2, 0) is 14.2 Å². The van der Waals surface area contributed by atoms with Gasteiger partial charge >= 0.3 is 0 Å². The smallest absolute Gasteiger partial charge is 0.109 e. The van der Waals surface area contributed by atoms with Gasteiger partial charge in [-0.25, -0.2) is 0 Å². The minimum absolute atomic E-state index is 0.0403. The van der Waals surface area contributed by atoms with Crippen LogP contribution >= 0.6 is 0 Å². The molecule has 0 spiro atoms. The van der Waals surface area contributed by atoms with Crippen molar-refractivity contribution in [3.05, 3.63) is 0 Å². The van der Waals surface area contributed by atoms with E-state index < -0.39 is 0 Å². The molecule has 4 nitrogen and oxygen atoms in total. The SMILES string of the molecule is [B][C@H]1C[C@H](OC)[C@@H]([C@H](CCO)OC)O1. The minimum atomic E-state index is -0.290. The van der Waals surface area contributed by atoms with Gasteiger partial charge in [0, 0.05) is 26.8 Å². The Balaban J connectivity index is 2.54. The molecular formula is C9H17BO4. The summed E-state index contributed by atoms with van der Waals surface area (Å²) in [7, 11) is 8.89. The molecule has 0 aliphatic carbocycles. The van der Waals surface area contributed by atoms with Gasteiger partial charge in [0.2, 0.25) is 0 Å². The molecule has 0 amide bonds. The Bertz CT molecular complexity index is 167. The zero-order valence-corrected chi connectivity index (χ0v) is 8.68. The third kappa shape index (κ3) is 2.70. The first-order chi connectivity index (χ1) is 6.72. The largest absolute Gasteiger partial charge is 0.396 e. The van der Waals surface area contributed by atoms with Gasteiger partial charge < -0.3 is 19.3 Å². The Morgan fingerprint density at radius 3 is 2.79 bits per heavy atom. The van der Waals surface area contributed by atoms with Gasteiger partial charge in [-0.1, -0.05) is 0 Å². The standard InChI is InChI=1S/C9H17BO4/c1-12-6(3-4-11)9-7(13-2)5-8(10)14-9/h6-9,11H,3-5H2,1-2H3/t6-,7-,8+,9+/m0/s1. The molecule has 1 saturated heterocycles. The Hall–Kier alpha value is -0.0951. The lowest BCUT2D eigenvalue weighted by Crippen LogP contribution is -2.37. The second kappa shape index (κ2) is 5.71. The second-order valence-electron chi connectivity index (χ2n) is 3.44. The molecule has 1 aliphatic heterocycles. The third-order valence-electron chi connectivity index (χ3n) is 2.55. The first kappa shape index (κ1) is 12.0. The zero-order valence-electron chi connectivity index (χ0n) is 8.68. The maximum atomic E-state index is 8.85. The van der Waals surface area contributed by atoms with Crippen molar-refractivity contribution in [2.45, 2.75) is 37.2 Å². The molecular weight excluding hydrogens is 183 g/mol. The van der Waals surface area contributed by atoms with E-state index >= 15 is 0 Å². The molecule has 1 N–H and O–H groups in total. The molecule has 0 unspecified atom stereocenters. The van der Waals surface area contributed by atoms with E-state index in [1.807, 2.05) is 0 Å². The highest BCUT2D eigenvalue weighted by atomic mass is 16.6. The summed E-state index contributed by atoms with van der Waals surface area (Å²) in [6.07, 6.45) is 0.840. The summed E-state index contributed by atoms with van der Waals surface area (Å²) < 4.78 is 16.0. The van der Waals surface area contributed by atoms with Crippen LogP contribution in [0.4, 0.5) is 0 Å². The Kier molecular flexibility index (Phi) is 4.88. The maximum absolute atomic E-state index is 8.85. The van der Waals surface area contributed by atoms with E-state index in [-0.39, 0.29) is 30.9 Å². The van der Waals surface area contributed by atoms with Crippen LogP contribution in [-0.4, -0.2) is 58.1 Å². The van der Waals surface area contributed by atoms with Gasteiger partial charge in [-0.3, -0.25) is 0 Å². The Morgan fingerprint density at radius 1 is 1.57 bits per heavy atom. The molecule has 0 saturated carbocycles. The summed E-state index contributed by atoms with van der Waals surface area (Å²) in [6.45, 7) is 0.0735. The van der Waals surface area contributed by atoms with Gasteiger partial charge in [0.1, 0.15) is 14.0 Å². The van der Waals surface area contributed by atoms with Gasteiger partial charge in [-0.15, -0.1) is 0 Å². The van der Waals surface area contributed by atoms with Gasteiger partial charge in [0.25, 0.3) is 0 Å². The van der Waals surface area contributed by atoms with Crippen molar-refractivity contribution in [2.24, 2.45) is 0 Å². The molecule has 1 fully saturated rings. The molecule has 0 bridgehead atoms. The van der Waals surface area contributed by atoms with Crippen LogP contribution in [0.15, 0.2) is 0 Å². The van der Waals surface area contributed by atoms with Gasteiger partial charge in [0.05, 0.1) is 12.2 Å². The lowest BCUT2D eigenvalue weighted by molar-refractivity contribution is -0.0845. The average Bonchev–Trinajstić information content (AvgIpc) is 2.55. The van der Waals surface area contributed by atoms with Crippen molar-refractivity contribution in [1.82, 2.24) is 0 Å². The fourth-order valence-corrected chi connectivity index (χ4v) is 1.81. The van der Waals surface area contributed by atoms with Crippen LogP contribution in [0.1, 0.15) is 12.8 Å². The molecule has 1 aliphatic rings. The van der Waals surface area contributed by atoms with E-state index in [9.17, 15) is 0 Å². The molecule has 2 radical (unpaired) electrons. The highest BCUT2D eigenvalue weighted by molar-refractivity contribution is 6.11. The van der Waals surface area contributed by atoms with E-state index in [2.05, 4.69) is 0 Å². The first-order valence-electron chi connectivity index (χ1n) is 4.80. The quantitative estimate of drug-likeness (QED) is 0.618. The number of aliphatic hydroxyl groups excluding tert-OH is 1. The highest BCUT2D eigenvalue weighted by Crippen LogP contribution is 2.26. The Labute approximate surface area is 85.9 Å². The summed E-state index contributed by atoms with van der Waals surface area (Å²) in [5.41, 5.74) is 0. The van der Waals surface area contributed by atoms with E-state index in [0.717, 1.165) is 0 Å². The van der Waals surface area contributed by atoms with E-state index in [4.69, 9.17) is 27.2 Å². The number of ether oxygens (including phenoxy) is 3. The molecule has 0 aromatic rings. The van der Waals surface area contributed by atoms with Crippen molar-refractivity contribution < 1.29 is 19.3 Å². The summed E-state index contributed by atoms with van der Waals surface area (Å²) in [5, 5.41) is 8.85. The topological polar surface area (TPSA) is 47.9 Å². The lowest BCUT2D eigenvalue weighted by atomic mass is 9.95. The zero-order chi connectivity index (χ0) is 10.6. The molecule has 1 rings (SSSR count). The second-order valence-corrected chi connectivity index (χ2v) is 3.44. The molecule has 80 valence electrons. The molecule has 0 aromatic heterocycles. The number of rotatable bonds is 5. The Morgan fingerprint density at radius 2 is 2.29 bits per heavy atom. The third-order valence-corrected chi connectivity index (χ3v) is 2.55. The van der Waals surface area contributed by atoms with Crippen LogP contribution in [0.25, 0.3) is 0 Å². The minimum Gasteiger partial charge on any atom is -0.396 e. The summed E-state index contributed by atoms with van der Waals surface area (Å²) in [4.78, 5) is 0. The van der Waals surface area contributed by atoms with Crippen molar-refractivity contribution in [3.8, 4) is 0 Å². The number of methoxy groups -OCH3 is 2.